The molecule has 1 aliphatic carbocycles. The first kappa shape index (κ1) is 13.0. The van der Waals surface area contributed by atoms with Crippen LogP contribution in [0.1, 0.15) is 17.9 Å². The molecule has 2 N–H and O–H groups in total. The lowest BCUT2D eigenvalue weighted by Crippen LogP contribution is -2.31. The van der Waals surface area contributed by atoms with Crippen molar-refractivity contribution in [2.24, 2.45) is 13.0 Å². The van der Waals surface area contributed by atoms with Crippen LogP contribution < -0.4 is 10.9 Å². The van der Waals surface area contributed by atoms with E-state index in [1.807, 2.05) is 31.6 Å². The normalized spacial score (nSPS) is 20.5. The maximum Gasteiger partial charge on any atom is 0.242 e. The van der Waals surface area contributed by atoms with E-state index in [-0.39, 0.29) is 17.7 Å². The number of nitrogens with one attached hydrogen (secondary N) is 2. The Kier molecular flexibility index (Phi) is 3.36. The quantitative estimate of drug-likeness (QED) is 0.850. The number of benzene rings is 1. The lowest BCUT2D eigenvalue weighted by molar-refractivity contribution is -0.121. The number of rotatable bonds is 4. The van der Waals surface area contributed by atoms with Crippen LogP contribution in [-0.2, 0) is 11.8 Å². The van der Waals surface area contributed by atoms with E-state index in [2.05, 4.69) is 16.0 Å². The lowest BCUT2D eigenvalue weighted by atomic mass is 10.2. The molecule has 1 fully saturated rings. The number of anilines is 1. The summed E-state index contributed by atoms with van der Waals surface area (Å²) in [5, 5.41) is 4.76. The van der Waals surface area contributed by atoms with Crippen LogP contribution in [0.25, 0.3) is 0 Å². The molecule has 6 heteroatoms. The summed E-state index contributed by atoms with van der Waals surface area (Å²) < 4.78 is 1.76. The van der Waals surface area contributed by atoms with Crippen molar-refractivity contribution in [1.29, 1.82) is 0 Å². The van der Waals surface area contributed by atoms with Gasteiger partial charge in [-0.25, -0.2) is 0 Å². The molecule has 0 radical (unpaired) electrons. The van der Waals surface area contributed by atoms with Crippen molar-refractivity contribution >= 4 is 23.2 Å². The minimum Gasteiger partial charge on any atom is -0.299 e. The molecule has 1 aliphatic rings. The summed E-state index contributed by atoms with van der Waals surface area (Å²) in [6, 6.07) is 7.21. The van der Waals surface area contributed by atoms with Crippen molar-refractivity contribution in [3.05, 3.63) is 47.2 Å². The number of carbonyl (C=O) groups is 1. The average molecular weight is 291 g/mol. The molecular weight excluding hydrogens is 276 g/mol. The third kappa shape index (κ3) is 2.77. The largest absolute Gasteiger partial charge is 0.299 e. The minimum atomic E-state index is -0.00108. The van der Waals surface area contributed by atoms with Crippen LogP contribution >= 0.6 is 11.6 Å². The zero-order valence-corrected chi connectivity index (χ0v) is 11.8. The van der Waals surface area contributed by atoms with Gasteiger partial charge in [0.1, 0.15) is 0 Å². The number of hydrogen-bond acceptors (Lipinski definition) is 3. The summed E-state index contributed by atoms with van der Waals surface area (Å²) in [7, 11) is 1.88. The SMILES string of the molecule is Cn1cc([C@@H]2C[C@H]2C(=O)NNc2cccc(Cl)c2)cn1. The van der Waals surface area contributed by atoms with Crippen LogP contribution in [0.2, 0.25) is 5.02 Å². The Hall–Kier alpha value is -2.01. The number of hydrazine groups is 1. The van der Waals surface area contributed by atoms with E-state index in [0.717, 1.165) is 17.7 Å². The molecule has 1 aromatic heterocycles. The van der Waals surface area contributed by atoms with Crippen molar-refractivity contribution in [2.45, 2.75) is 12.3 Å². The highest BCUT2D eigenvalue weighted by Crippen LogP contribution is 2.47. The van der Waals surface area contributed by atoms with Crippen molar-refractivity contribution in [1.82, 2.24) is 15.2 Å². The number of aryl methyl sites for hydroxylation is 1. The smallest absolute Gasteiger partial charge is 0.242 e. The van der Waals surface area contributed by atoms with Crippen LogP contribution in [-0.4, -0.2) is 15.7 Å². The highest BCUT2D eigenvalue weighted by atomic mass is 35.5. The standard InChI is InChI=1S/C14H15ClN4O/c1-19-8-9(7-16-19)12-6-13(12)14(20)18-17-11-4-2-3-10(15)5-11/h2-5,7-8,12-13,17H,6H2,1H3,(H,18,20)/t12-,13+/m0/s1. The second kappa shape index (κ2) is 5.17. The van der Waals surface area contributed by atoms with Gasteiger partial charge in [-0.15, -0.1) is 0 Å². The molecule has 5 nitrogen and oxygen atoms in total. The fourth-order valence-electron chi connectivity index (χ4n) is 2.28. The van der Waals surface area contributed by atoms with Gasteiger partial charge in [-0.2, -0.15) is 5.10 Å². The molecule has 0 saturated heterocycles. The first-order valence-electron chi connectivity index (χ1n) is 6.43. The Labute approximate surface area is 121 Å². The maximum atomic E-state index is 12.0. The van der Waals surface area contributed by atoms with E-state index in [1.54, 1.807) is 16.8 Å². The summed E-state index contributed by atoms with van der Waals surface area (Å²) in [6.45, 7) is 0. The van der Waals surface area contributed by atoms with Gasteiger partial charge in [0.2, 0.25) is 5.91 Å². The number of amides is 1. The molecule has 20 heavy (non-hydrogen) atoms. The lowest BCUT2D eigenvalue weighted by Gasteiger charge is -2.08. The van der Waals surface area contributed by atoms with Gasteiger partial charge in [-0.1, -0.05) is 17.7 Å². The monoisotopic (exact) mass is 290 g/mol. The topological polar surface area (TPSA) is 59.0 Å². The molecule has 0 bridgehead atoms. The minimum absolute atomic E-state index is 0.00108. The number of nitrogens with zero attached hydrogens (tertiary/aromatic N) is 2. The highest BCUT2D eigenvalue weighted by Gasteiger charge is 2.44. The number of carbonyl (C=O) groups excluding carboxylic acids is 1. The Morgan fingerprint density at radius 1 is 1.50 bits per heavy atom. The van der Waals surface area contributed by atoms with Crippen molar-refractivity contribution in [2.75, 3.05) is 5.43 Å². The van der Waals surface area contributed by atoms with E-state index in [9.17, 15) is 4.79 Å². The molecule has 1 aromatic carbocycles. The van der Waals surface area contributed by atoms with Gasteiger partial charge in [-0.3, -0.25) is 20.3 Å². The molecule has 2 atom stereocenters. The molecule has 0 aliphatic heterocycles. The molecule has 3 rings (SSSR count). The van der Waals surface area contributed by atoms with Gasteiger partial charge in [0.25, 0.3) is 0 Å². The number of halogens is 1. The molecule has 1 amide bonds. The van der Waals surface area contributed by atoms with Gasteiger partial charge in [0, 0.05) is 24.2 Å². The summed E-state index contributed by atoms with van der Waals surface area (Å²) in [6.07, 6.45) is 4.65. The van der Waals surface area contributed by atoms with E-state index in [4.69, 9.17) is 11.6 Å². The first-order chi connectivity index (χ1) is 9.63. The Morgan fingerprint density at radius 3 is 3.05 bits per heavy atom. The molecule has 1 heterocycles. The van der Waals surface area contributed by atoms with Crippen molar-refractivity contribution in [3.8, 4) is 0 Å². The van der Waals surface area contributed by atoms with Gasteiger partial charge in [0.15, 0.2) is 0 Å². The second-order valence-corrected chi connectivity index (χ2v) is 5.46. The molecule has 0 unspecified atom stereocenters. The molecule has 2 aromatic rings. The Bertz CT molecular complexity index is 640. The Morgan fingerprint density at radius 2 is 2.35 bits per heavy atom. The van der Waals surface area contributed by atoms with Crippen LogP contribution in [0.5, 0.6) is 0 Å². The number of aromatic nitrogens is 2. The fraction of sp³-hybridized carbons (Fsp3) is 0.286. The van der Waals surface area contributed by atoms with Crippen molar-refractivity contribution < 1.29 is 4.79 Å². The van der Waals surface area contributed by atoms with Crippen LogP contribution in [0.3, 0.4) is 0 Å². The highest BCUT2D eigenvalue weighted by molar-refractivity contribution is 6.30. The molecule has 1 saturated carbocycles. The van der Waals surface area contributed by atoms with Gasteiger partial charge >= 0.3 is 0 Å². The van der Waals surface area contributed by atoms with E-state index in [0.29, 0.717) is 5.02 Å². The predicted molar refractivity (Wildman–Crippen MR) is 77.3 cm³/mol. The average Bonchev–Trinajstić information content (AvgIpc) is 3.12. The van der Waals surface area contributed by atoms with Crippen LogP contribution in [0, 0.1) is 5.92 Å². The zero-order valence-electron chi connectivity index (χ0n) is 11.0. The summed E-state index contributed by atoms with van der Waals surface area (Å²) in [4.78, 5) is 12.0. The van der Waals surface area contributed by atoms with Crippen LogP contribution in [0.4, 0.5) is 5.69 Å². The maximum absolute atomic E-state index is 12.0. The predicted octanol–water partition coefficient (Wildman–Crippen LogP) is 2.32. The van der Waals surface area contributed by atoms with Gasteiger partial charge in [-0.05, 0) is 36.1 Å². The molecule has 104 valence electrons. The fourth-order valence-corrected chi connectivity index (χ4v) is 2.47. The van der Waals surface area contributed by atoms with E-state index >= 15 is 0 Å². The van der Waals surface area contributed by atoms with E-state index in [1.165, 1.54) is 0 Å². The first-order valence-corrected chi connectivity index (χ1v) is 6.81. The second-order valence-electron chi connectivity index (χ2n) is 5.02. The summed E-state index contributed by atoms with van der Waals surface area (Å²) >= 11 is 5.88. The Balaban J connectivity index is 1.54. The molecular formula is C14H15ClN4O. The van der Waals surface area contributed by atoms with E-state index < -0.39 is 0 Å². The van der Waals surface area contributed by atoms with Gasteiger partial charge in [0.05, 0.1) is 11.9 Å². The summed E-state index contributed by atoms with van der Waals surface area (Å²) in [5.74, 6) is 0.301. The third-order valence-electron chi connectivity index (χ3n) is 3.43. The third-order valence-corrected chi connectivity index (χ3v) is 3.67. The van der Waals surface area contributed by atoms with Crippen molar-refractivity contribution in [3.63, 3.8) is 0 Å². The van der Waals surface area contributed by atoms with Crippen LogP contribution in [0.15, 0.2) is 36.7 Å². The zero-order chi connectivity index (χ0) is 14.1. The molecule has 0 spiro atoms. The van der Waals surface area contributed by atoms with Gasteiger partial charge < -0.3 is 0 Å². The summed E-state index contributed by atoms with van der Waals surface area (Å²) in [5.41, 5.74) is 7.49. The number of hydrogen-bond donors (Lipinski definition) is 2.